The molecule has 0 bridgehead atoms. The van der Waals surface area contributed by atoms with Crippen LogP contribution in [0.15, 0.2) is 30.6 Å². The second-order valence-corrected chi connectivity index (χ2v) is 9.04. The van der Waals surface area contributed by atoms with Crippen LogP contribution in [0.3, 0.4) is 0 Å². The van der Waals surface area contributed by atoms with Crippen molar-refractivity contribution in [1.29, 1.82) is 0 Å². The summed E-state index contributed by atoms with van der Waals surface area (Å²) < 4.78 is 2.13. The van der Waals surface area contributed by atoms with Crippen molar-refractivity contribution in [2.24, 2.45) is 0 Å². The van der Waals surface area contributed by atoms with Gasteiger partial charge in [-0.25, -0.2) is 19.5 Å². The highest BCUT2D eigenvalue weighted by molar-refractivity contribution is 5.92. The van der Waals surface area contributed by atoms with Gasteiger partial charge >= 0.3 is 0 Å². The van der Waals surface area contributed by atoms with E-state index in [2.05, 4.69) is 52.5 Å². The Morgan fingerprint density at radius 1 is 1.00 bits per heavy atom. The van der Waals surface area contributed by atoms with E-state index in [9.17, 15) is 0 Å². The summed E-state index contributed by atoms with van der Waals surface area (Å²) in [6, 6.07) is 8.73. The van der Waals surface area contributed by atoms with Crippen LogP contribution in [0.1, 0.15) is 66.4 Å². The van der Waals surface area contributed by atoms with E-state index in [1.54, 1.807) is 6.33 Å². The predicted octanol–water partition coefficient (Wildman–Crippen LogP) is 4.90. The average Bonchev–Trinajstić information content (AvgIpc) is 3.23. The predicted molar refractivity (Wildman–Crippen MR) is 123 cm³/mol. The molecule has 2 aliphatic rings. The summed E-state index contributed by atoms with van der Waals surface area (Å²) in [4.78, 5) is 16.7. The van der Waals surface area contributed by atoms with E-state index in [4.69, 9.17) is 15.1 Å². The third-order valence-corrected chi connectivity index (χ3v) is 7.09. The van der Waals surface area contributed by atoms with Gasteiger partial charge in [-0.15, -0.1) is 0 Å². The maximum atomic E-state index is 5.14. The number of nitrogens with zero attached hydrogens (tertiary/aromatic N) is 6. The van der Waals surface area contributed by atoms with E-state index in [0.717, 1.165) is 53.9 Å². The van der Waals surface area contributed by atoms with Crippen LogP contribution in [-0.2, 0) is 12.8 Å². The number of hydrogen-bond acceptors (Lipinski definition) is 5. The van der Waals surface area contributed by atoms with Crippen LogP contribution in [0.4, 0.5) is 5.82 Å². The van der Waals surface area contributed by atoms with Crippen molar-refractivity contribution in [2.75, 3.05) is 11.4 Å². The molecular weight excluding hydrogens is 384 g/mol. The van der Waals surface area contributed by atoms with Gasteiger partial charge in [0.15, 0.2) is 5.65 Å². The van der Waals surface area contributed by atoms with Crippen LogP contribution in [0, 0.1) is 13.8 Å². The molecule has 3 aromatic heterocycles. The molecule has 6 nitrogen and oxygen atoms in total. The lowest BCUT2D eigenvalue weighted by molar-refractivity contribution is 0.460. The van der Waals surface area contributed by atoms with Gasteiger partial charge in [0.05, 0.1) is 17.3 Å². The molecule has 0 N–H and O–H groups in total. The van der Waals surface area contributed by atoms with Gasteiger partial charge in [-0.1, -0.05) is 12.1 Å². The molecule has 4 aromatic rings. The number of aryl methyl sites for hydroxylation is 3. The van der Waals surface area contributed by atoms with E-state index >= 15 is 0 Å². The fourth-order valence-electron chi connectivity index (χ4n) is 5.55. The van der Waals surface area contributed by atoms with Crippen LogP contribution in [-0.4, -0.2) is 31.1 Å². The highest BCUT2D eigenvalue weighted by Gasteiger charge is 2.30. The first-order valence-corrected chi connectivity index (χ1v) is 11.6. The third-order valence-electron chi connectivity index (χ3n) is 7.09. The van der Waals surface area contributed by atoms with Gasteiger partial charge in [-0.3, -0.25) is 0 Å². The van der Waals surface area contributed by atoms with Gasteiger partial charge in [0, 0.05) is 29.4 Å². The summed E-state index contributed by atoms with van der Waals surface area (Å²) in [5.41, 5.74) is 8.28. The summed E-state index contributed by atoms with van der Waals surface area (Å²) >= 11 is 0. The smallest absolute Gasteiger partial charge is 0.155 e. The zero-order valence-electron chi connectivity index (χ0n) is 18.3. The van der Waals surface area contributed by atoms with Gasteiger partial charge in [-0.2, -0.15) is 5.10 Å². The number of piperidine rings is 1. The molecule has 6 rings (SSSR count). The molecular formula is C25H28N6. The largest absolute Gasteiger partial charge is 0.347 e. The average molecular weight is 413 g/mol. The zero-order chi connectivity index (χ0) is 20.9. The molecule has 0 saturated carbocycles. The Bertz CT molecular complexity index is 1290. The van der Waals surface area contributed by atoms with Crippen LogP contribution in [0.25, 0.3) is 16.6 Å². The Morgan fingerprint density at radius 3 is 2.84 bits per heavy atom. The van der Waals surface area contributed by atoms with Gasteiger partial charge in [0.2, 0.25) is 0 Å². The number of rotatable bonds is 2. The Kier molecular flexibility index (Phi) is 4.40. The fourth-order valence-corrected chi connectivity index (χ4v) is 5.55. The molecule has 1 aliphatic carbocycles. The Hall–Kier alpha value is -3.02. The Balaban J connectivity index is 1.49. The zero-order valence-corrected chi connectivity index (χ0v) is 18.3. The van der Waals surface area contributed by atoms with Crippen molar-refractivity contribution in [3.8, 4) is 0 Å². The molecule has 6 heteroatoms. The molecule has 0 spiro atoms. The van der Waals surface area contributed by atoms with Crippen molar-refractivity contribution in [3.63, 3.8) is 0 Å². The van der Waals surface area contributed by atoms with Gasteiger partial charge in [0.1, 0.15) is 12.1 Å². The lowest BCUT2D eigenvalue weighted by Gasteiger charge is -2.36. The van der Waals surface area contributed by atoms with Gasteiger partial charge in [-0.05, 0) is 76.0 Å². The Labute approximate surface area is 182 Å². The minimum absolute atomic E-state index is 0.215. The molecule has 0 amide bonds. The summed E-state index contributed by atoms with van der Waals surface area (Å²) in [6.45, 7) is 5.29. The van der Waals surface area contributed by atoms with Crippen LogP contribution in [0.2, 0.25) is 0 Å². The molecule has 1 saturated heterocycles. The summed E-state index contributed by atoms with van der Waals surface area (Å²) in [6.07, 6.45) is 9.89. The van der Waals surface area contributed by atoms with Crippen LogP contribution in [0.5, 0.6) is 0 Å². The van der Waals surface area contributed by atoms with Crippen LogP contribution < -0.4 is 4.90 Å². The molecule has 1 aromatic carbocycles. The molecule has 4 heterocycles. The van der Waals surface area contributed by atoms with Gasteiger partial charge in [0.25, 0.3) is 0 Å². The number of fused-ring (bicyclic) bond motifs is 4. The van der Waals surface area contributed by atoms with Gasteiger partial charge < -0.3 is 4.90 Å². The Morgan fingerprint density at radius 2 is 1.90 bits per heavy atom. The van der Waals surface area contributed by atoms with Crippen molar-refractivity contribution < 1.29 is 0 Å². The highest BCUT2D eigenvalue weighted by atomic mass is 15.3. The molecule has 158 valence electrons. The summed E-state index contributed by atoms with van der Waals surface area (Å²) in [5.74, 6) is 1.04. The topological polar surface area (TPSA) is 59.2 Å². The molecule has 31 heavy (non-hydrogen) atoms. The lowest BCUT2D eigenvalue weighted by Crippen LogP contribution is -2.34. The number of hydrogen-bond donors (Lipinski definition) is 0. The third kappa shape index (κ3) is 2.99. The lowest BCUT2D eigenvalue weighted by atomic mass is 9.95. The second-order valence-electron chi connectivity index (χ2n) is 9.04. The molecule has 1 fully saturated rings. The quantitative estimate of drug-likeness (QED) is 0.469. The minimum Gasteiger partial charge on any atom is -0.347 e. The van der Waals surface area contributed by atoms with E-state index < -0.39 is 0 Å². The maximum Gasteiger partial charge on any atom is 0.155 e. The molecule has 0 unspecified atom stereocenters. The monoisotopic (exact) mass is 412 g/mol. The van der Waals surface area contributed by atoms with Crippen molar-refractivity contribution in [1.82, 2.24) is 24.6 Å². The van der Waals surface area contributed by atoms with Crippen LogP contribution >= 0.6 is 0 Å². The van der Waals surface area contributed by atoms with E-state index in [0.29, 0.717) is 0 Å². The SMILES string of the molecule is Cc1nc2cc([C@@H]3CCCCN3c3ncnc4cccc(C)c34)nn2c2c1CCCC2. The maximum absolute atomic E-state index is 5.14. The van der Waals surface area contributed by atoms with E-state index in [-0.39, 0.29) is 6.04 Å². The van der Waals surface area contributed by atoms with Crippen molar-refractivity contribution in [2.45, 2.75) is 64.8 Å². The normalized spacial score (nSPS) is 19.2. The van der Waals surface area contributed by atoms with E-state index in [1.165, 1.54) is 48.2 Å². The second kappa shape index (κ2) is 7.29. The van der Waals surface area contributed by atoms with E-state index in [1.807, 2.05) is 0 Å². The molecule has 0 radical (unpaired) electrons. The minimum atomic E-state index is 0.215. The first-order valence-electron chi connectivity index (χ1n) is 11.6. The summed E-state index contributed by atoms with van der Waals surface area (Å²) in [7, 11) is 0. The molecule has 1 atom stereocenters. The van der Waals surface area contributed by atoms with Crippen molar-refractivity contribution >= 4 is 22.4 Å². The highest BCUT2D eigenvalue weighted by Crippen LogP contribution is 2.38. The standard InChI is InChI=1S/C25H28N6/c1-16-8-7-10-19-24(16)25(27-15-26-19)30-13-6-5-12-22(30)20-14-23-28-17(2)18-9-3-4-11-21(18)31(23)29-20/h7-8,10,14-15,22H,3-6,9,11-13H2,1-2H3/t22-/m0/s1. The van der Waals surface area contributed by atoms with Crippen molar-refractivity contribution in [3.05, 3.63) is 58.8 Å². The fraction of sp³-hybridized carbons (Fsp3) is 0.440. The summed E-state index contributed by atoms with van der Waals surface area (Å²) in [5, 5.41) is 6.30. The number of aromatic nitrogens is 5. The first kappa shape index (κ1) is 18.7. The molecule has 1 aliphatic heterocycles. The number of anilines is 1. The number of benzene rings is 1. The first-order chi connectivity index (χ1) is 15.2.